The second kappa shape index (κ2) is 16.7. The van der Waals surface area contributed by atoms with Crippen molar-refractivity contribution in [2.45, 2.75) is 231 Å². The largest absolute Gasteiger partial charge is 0.459 e. The van der Waals surface area contributed by atoms with Crippen LogP contribution in [0.3, 0.4) is 0 Å². The summed E-state index contributed by atoms with van der Waals surface area (Å²) < 4.78 is 24.8. The molecule has 0 radical (unpaired) electrons. The minimum Gasteiger partial charge on any atom is -0.459 e. The molecule has 4 saturated heterocycles. The Morgan fingerprint density at radius 2 is 0.677 bits per heavy atom. The van der Waals surface area contributed by atoms with Gasteiger partial charge in [0.25, 0.3) is 0 Å². The summed E-state index contributed by atoms with van der Waals surface area (Å²) >= 11 is 0. The predicted octanol–water partition coefficient (Wildman–Crippen LogP) is 8.03. The maximum atomic E-state index is 14.6. The fourth-order valence-corrected chi connectivity index (χ4v) is 11.7. The Morgan fingerprint density at radius 1 is 0.452 bits per heavy atom. The van der Waals surface area contributed by atoms with Crippen molar-refractivity contribution in [3.63, 3.8) is 0 Å². The highest BCUT2D eigenvalue weighted by Gasteiger charge is 2.50. The number of esters is 4. The van der Waals surface area contributed by atoms with Crippen molar-refractivity contribution in [3.8, 4) is 0 Å². The number of nitrogens with zero attached hydrogens (tertiary/aromatic N) is 3. The molecule has 0 aromatic heterocycles. The number of hydroxylamine groups is 6. The zero-order chi connectivity index (χ0) is 47.0. The highest BCUT2D eigenvalue weighted by molar-refractivity contribution is 6.10. The van der Waals surface area contributed by atoms with Gasteiger partial charge in [-0.05, 0) is 123 Å². The number of carbonyl (C=O) groups excluding carboxylic acids is 4. The number of rotatable bonds is 9. The van der Waals surface area contributed by atoms with Gasteiger partial charge in [-0.15, -0.1) is 0 Å². The number of piperidine rings is 4. The lowest BCUT2D eigenvalue weighted by molar-refractivity contribution is -0.276. The SMILES string of the molecule is CON1C(C)(C)CC(OC(=O)c2cc(C(=O)OC3CC(C)(C)N(O)C(C)(C)C3)c(C(=O)OC3CC(C)(C)N(O)C(C)(C)C3)cc2C(=O)OC2CC(C)(C)NC(C)(C)C2)CC1(C)C. The smallest absolute Gasteiger partial charge is 0.339 e. The molecule has 0 bridgehead atoms. The van der Waals surface area contributed by atoms with Crippen molar-refractivity contribution in [1.82, 2.24) is 20.5 Å². The first kappa shape index (κ1) is 49.8. The molecule has 0 spiro atoms. The molecule has 0 amide bonds. The quantitative estimate of drug-likeness (QED) is 0.160. The maximum Gasteiger partial charge on any atom is 0.339 e. The molecule has 15 heteroatoms. The van der Waals surface area contributed by atoms with Gasteiger partial charge >= 0.3 is 23.9 Å². The highest BCUT2D eigenvalue weighted by atomic mass is 16.7. The van der Waals surface area contributed by atoms with Crippen LogP contribution < -0.4 is 5.32 Å². The zero-order valence-electron chi connectivity index (χ0n) is 40.5. The second-order valence-electron chi connectivity index (χ2n) is 23.6. The Balaban J connectivity index is 1.62. The molecule has 5 rings (SSSR count). The summed E-state index contributed by atoms with van der Waals surface area (Å²) in [6.45, 7) is 30.8. The van der Waals surface area contributed by atoms with Crippen molar-refractivity contribution in [2.75, 3.05) is 7.11 Å². The predicted molar refractivity (Wildman–Crippen MR) is 232 cm³/mol. The van der Waals surface area contributed by atoms with Gasteiger partial charge in [0.2, 0.25) is 0 Å². The van der Waals surface area contributed by atoms with Gasteiger partial charge < -0.3 is 39.5 Å². The van der Waals surface area contributed by atoms with Crippen LogP contribution in [0.25, 0.3) is 0 Å². The van der Waals surface area contributed by atoms with E-state index < -0.39 is 81.5 Å². The van der Waals surface area contributed by atoms with E-state index in [1.807, 2.05) is 116 Å². The first-order valence-electron chi connectivity index (χ1n) is 22.2. The third kappa shape index (κ3) is 10.7. The molecule has 4 fully saturated rings. The fourth-order valence-electron chi connectivity index (χ4n) is 11.7. The standard InChI is InChI=1S/C47H76N4O11/c1-40(2)20-28(21-41(3,4)48-40)59-36(52)32-18-34(37(53)60-29-22-42(5,6)49(56)43(7,8)23-29)35(38(54)61-30-24-44(9,10)50(57)45(11,12)25-30)19-33(32)39(55)62-31-26-46(13,14)51(58-17)47(15,16)27-31/h18-19,28-31,48,56-57H,20-27H2,1-17H3. The van der Waals surface area contributed by atoms with Gasteiger partial charge in [0.05, 0.1) is 29.4 Å². The fraction of sp³-hybridized carbons (Fsp3) is 0.787. The van der Waals surface area contributed by atoms with Gasteiger partial charge in [0.15, 0.2) is 0 Å². The molecular weight excluding hydrogens is 797 g/mol. The summed E-state index contributed by atoms with van der Waals surface area (Å²) in [5.74, 6) is -3.53. The number of hydrogen-bond acceptors (Lipinski definition) is 15. The van der Waals surface area contributed by atoms with Gasteiger partial charge in [0.1, 0.15) is 24.4 Å². The molecule has 1 aromatic carbocycles. The molecule has 3 N–H and O–H groups in total. The highest BCUT2D eigenvalue weighted by Crippen LogP contribution is 2.42. The van der Waals surface area contributed by atoms with Crippen LogP contribution in [0.1, 0.15) is 204 Å². The summed E-state index contributed by atoms with van der Waals surface area (Å²) in [6.07, 6.45) is 0.362. The topological polar surface area (TPSA) is 177 Å². The molecular formula is C47H76N4O11. The average Bonchev–Trinajstić information content (AvgIpc) is 3.06. The van der Waals surface area contributed by atoms with E-state index in [2.05, 4.69) is 5.32 Å². The lowest BCUT2D eigenvalue weighted by Gasteiger charge is -2.52. The van der Waals surface area contributed by atoms with Crippen LogP contribution in [0.2, 0.25) is 0 Å². The third-order valence-corrected chi connectivity index (χ3v) is 13.2. The monoisotopic (exact) mass is 873 g/mol. The maximum absolute atomic E-state index is 14.6. The number of benzene rings is 1. The Labute approximate surface area is 369 Å². The van der Waals surface area contributed by atoms with Crippen molar-refractivity contribution in [2.24, 2.45) is 0 Å². The lowest BCUT2D eigenvalue weighted by Crippen LogP contribution is -2.61. The van der Waals surface area contributed by atoms with E-state index in [1.165, 1.54) is 22.3 Å². The van der Waals surface area contributed by atoms with Gasteiger partial charge in [-0.2, -0.15) is 15.2 Å². The first-order chi connectivity index (χ1) is 28.0. The van der Waals surface area contributed by atoms with Crippen molar-refractivity contribution in [3.05, 3.63) is 34.4 Å². The normalized spacial score (nSPS) is 26.3. The second-order valence-corrected chi connectivity index (χ2v) is 23.6. The van der Waals surface area contributed by atoms with Gasteiger partial charge in [-0.1, -0.05) is 0 Å². The number of hydrogen-bond donors (Lipinski definition) is 3. The van der Waals surface area contributed by atoms with E-state index >= 15 is 0 Å². The van der Waals surface area contributed by atoms with E-state index in [0.717, 1.165) is 0 Å². The lowest BCUT2D eigenvalue weighted by atomic mass is 9.80. The molecule has 1 aromatic rings. The van der Waals surface area contributed by atoms with Gasteiger partial charge in [-0.25, -0.2) is 19.2 Å². The Bertz CT molecular complexity index is 1830. The molecule has 4 heterocycles. The average molecular weight is 873 g/mol. The van der Waals surface area contributed by atoms with Crippen LogP contribution in [0.5, 0.6) is 0 Å². The van der Waals surface area contributed by atoms with E-state index in [4.69, 9.17) is 23.8 Å². The molecule has 0 unspecified atom stereocenters. The summed E-state index contributed by atoms with van der Waals surface area (Å²) in [4.78, 5) is 64.2. The molecule has 4 aliphatic heterocycles. The van der Waals surface area contributed by atoms with Gasteiger partial charge in [-0.3, -0.25) is 0 Å². The van der Waals surface area contributed by atoms with E-state index in [1.54, 1.807) is 7.11 Å². The van der Waals surface area contributed by atoms with Crippen LogP contribution >= 0.6 is 0 Å². The molecule has 0 aliphatic carbocycles. The summed E-state index contributed by atoms with van der Waals surface area (Å²) in [6, 6.07) is 2.41. The van der Waals surface area contributed by atoms with Crippen molar-refractivity contribution in [1.29, 1.82) is 0 Å². The van der Waals surface area contributed by atoms with Crippen molar-refractivity contribution < 1.29 is 53.4 Å². The number of nitrogens with one attached hydrogen (secondary N) is 1. The van der Waals surface area contributed by atoms with Crippen LogP contribution in [0, 0.1) is 0 Å². The van der Waals surface area contributed by atoms with Crippen LogP contribution in [0.15, 0.2) is 12.1 Å². The third-order valence-electron chi connectivity index (χ3n) is 13.2. The van der Waals surface area contributed by atoms with E-state index in [0.29, 0.717) is 25.7 Å². The number of ether oxygens (including phenoxy) is 4. The summed E-state index contributed by atoms with van der Waals surface area (Å²) in [5, 5.41) is 30.0. The minimum absolute atomic E-state index is 0.248. The molecule has 15 nitrogen and oxygen atoms in total. The minimum atomic E-state index is -0.905. The van der Waals surface area contributed by atoms with E-state index in [9.17, 15) is 29.6 Å². The molecule has 4 aliphatic rings. The molecule has 350 valence electrons. The summed E-state index contributed by atoms with van der Waals surface area (Å²) in [5.41, 5.74) is -5.97. The van der Waals surface area contributed by atoms with Gasteiger partial charge in [0, 0.05) is 95.7 Å². The number of carbonyl (C=O) groups is 4. The van der Waals surface area contributed by atoms with Crippen LogP contribution in [0.4, 0.5) is 0 Å². The molecule has 0 atom stereocenters. The van der Waals surface area contributed by atoms with Crippen LogP contribution in [-0.2, 0) is 23.8 Å². The first-order valence-corrected chi connectivity index (χ1v) is 22.2. The molecule has 62 heavy (non-hydrogen) atoms. The Kier molecular flexibility index (Phi) is 13.4. The zero-order valence-corrected chi connectivity index (χ0v) is 40.5. The Morgan fingerprint density at radius 3 is 0.919 bits per heavy atom. The summed E-state index contributed by atoms with van der Waals surface area (Å²) in [7, 11) is 1.61. The molecule has 0 saturated carbocycles. The Hall–Kier alpha value is -3.18. The van der Waals surface area contributed by atoms with Crippen LogP contribution in [-0.4, -0.2) is 125 Å². The van der Waals surface area contributed by atoms with Crippen molar-refractivity contribution >= 4 is 23.9 Å². The van der Waals surface area contributed by atoms with E-state index in [-0.39, 0.29) is 59.0 Å².